The van der Waals surface area contributed by atoms with Crippen molar-refractivity contribution in [2.75, 3.05) is 27.2 Å². The number of alkyl carbamates (subject to hydrolysis) is 1. The Morgan fingerprint density at radius 1 is 1.28 bits per heavy atom. The topological polar surface area (TPSA) is 131 Å². The third-order valence-electron chi connectivity index (χ3n) is 4.72. The van der Waals surface area contributed by atoms with Gasteiger partial charge in [0, 0.05) is 32.6 Å². The molecule has 0 unspecified atom stereocenters. The first-order valence-corrected chi connectivity index (χ1v) is 12.7. The molecule has 0 atom stereocenters. The van der Waals surface area contributed by atoms with E-state index >= 15 is 0 Å². The van der Waals surface area contributed by atoms with Gasteiger partial charge in [-0.1, -0.05) is 17.7 Å². The number of nitrogens with zero attached hydrogens (tertiary/aromatic N) is 2. The average Bonchev–Trinajstić information content (AvgIpc) is 3.10. The van der Waals surface area contributed by atoms with Gasteiger partial charge in [-0.25, -0.2) is 26.7 Å². The summed E-state index contributed by atoms with van der Waals surface area (Å²) < 4.78 is 49.9. The molecule has 1 heterocycles. The first-order chi connectivity index (χ1) is 16.6. The maximum absolute atomic E-state index is 14.1. The maximum atomic E-state index is 14.1. The van der Waals surface area contributed by atoms with E-state index in [1.54, 1.807) is 33.8 Å². The van der Waals surface area contributed by atoms with Crippen LogP contribution >= 0.6 is 11.6 Å². The van der Waals surface area contributed by atoms with Crippen LogP contribution in [0.4, 0.5) is 9.18 Å². The minimum absolute atomic E-state index is 0.0355. The lowest BCUT2D eigenvalue weighted by molar-refractivity contribution is 0.0503. The van der Waals surface area contributed by atoms with Gasteiger partial charge in [0.05, 0.1) is 10.7 Å². The molecule has 198 valence electrons. The van der Waals surface area contributed by atoms with Crippen molar-refractivity contribution in [1.29, 1.82) is 0 Å². The summed E-state index contributed by atoms with van der Waals surface area (Å²) in [7, 11) is -0.904. The molecule has 0 aliphatic rings. The summed E-state index contributed by atoms with van der Waals surface area (Å²) in [5.74, 6) is -1.59. The zero-order valence-electron chi connectivity index (χ0n) is 20.9. The summed E-state index contributed by atoms with van der Waals surface area (Å²) in [6.07, 6.45) is 0.558. The van der Waals surface area contributed by atoms with Crippen molar-refractivity contribution in [1.82, 2.24) is 19.8 Å². The van der Waals surface area contributed by atoms with Crippen LogP contribution in [0.25, 0.3) is 0 Å². The van der Waals surface area contributed by atoms with Crippen LogP contribution < -0.4 is 5.32 Å². The number of aromatic amines is 1. The number of carbonyl (C=O) groups is 2. The van der Waals surface area contributed by atoms with Crippen LogP contribution in [0.3, 0.4) is 0 Å². The molecule has 1 aromatic heterocycles. The number of H-pyrrole nitrogens is 1. The molecule has 36 heavy (non-hydrogen) atoms. The van der Waals surface area contributed by atoms with Gasteiger partial charge < -0.3 is 14.8 Å². The zero-order chi connectivity index (χ0) is 27.3. The molecule has 10 nitrogen and oxygen atoms in total. The third-order valence-corrected chi connectivity index (χ3v) is 7.02. The van der Waals surface area contributed by atoms with Gasteiger partial charge in [0.1, 0.15) is 28.6 Å². The van der Waals surface area contributed by atoms with E-state index in [9.17, 15) is 22.4 Å². The molecule has 2 N–H and O–H groups in total. The van der Waals surface area contributed by atoms with Crippen molar-refractivity contribution >= 4 is 33.7 Å². The number of ether oxygens (including phenoxy) is 2. The SMILES string of the molecule is Cc1n[nH]c(C(=O)OC/C(F)=C/CNC(=O)OC(C)(C)C)c1Cc1ccc(S(=O)(=O)N(C)C)c(Cl)c1. The van der Waals surface area contributed by atoms with Crippen LogP contribution in [0.5, 0.6) is 0 Å². The largest absolute Gasteiger partial charge is 0.454 e. The predicted octanol–water partition coefficient (Wildman–Crippen LogP) is 3.75. The second-order valence-corrected chi connectivity index (χ2v) is 11.5. The standard InChI is InChI=1S/C23H30ClFN4O6S/c1-14-17(11-15-7-8-19(18(24)12-15)36(32,33)29(5)6)20(28-27-14)21(30)34-13-16(25)9-10-26-22(31)35-23(2,3)4/h7-9,12H,10-11,13H2,1-6H3,(H,26,31)(H,27,28)/b16-9-. The molecular formula is C23H30ClFN4O6S. The fourth-order valence-electron chi connectivity index (χ4n) is 2.93. The lowest BCUT2D eigenvalue weighted by atomic mass is 10.0. The Kier molecular flexibility index (Phi) is 9.64. The fourth-order valence-corrected chi connectivity index (χ4v) is 4.36. The Morgan fingerprint density at radius 2 is 1.94 bits per heavy atom. The van der Waals surface area contributed by atoms with E-state index in [4.69, 9.17) is 21.1 Å². The Labute approximate surface area is 214 Å². The van der Waals surface area contributed by atoms with Gasteiger partial charge in [0.2, 0.25) is 10.0 Å². The highest BCUT2D eigenvalue weighted by atomic mass is 35.5. The van der Waals surface area contributed by atoms with Crippen molar-refractivity contribution in [2.24, 2.45) is 0 Å². The monoisotopic (exact) mass is 544 g/mol. The molecule has 2 rings (SSSR count). The van der Waals surface area contributed by atoms with Gasteiger partial charge in [-0.15, -0.1) is 0 Å². The molecule has 0 aliphatic heterocycles. The first kappa shape index (κ1) is 29.3. The molecule has 13 heteroatoms. The number of aromatic nitrogens is 2. The third kappa shape index (κ3) is 8.04. The van der Waals surface area contributed by atoms with E-state index in [2.05, 4.69) is 15.5 Å². The molecule has 0 spiro atoms. The van der Waals surface area contributed by atoms with Crippen LogP contribution in [0, 0.1) is 6.92 Å². The van der Waals surface area contributed by atoms with Crippen LogP contribution in [0.1, 0.15) is 48.1 Å². The van der Waals surface area contributed by atoms with E-state index in [-0.39, 0.29) is 28.6 Å². The fraction of sp³-hybridized carbons (Fsp3) is 0.435. The summed E-state index contributed by atoms with van der Waals surface area (Å²) in [6.45, 7) is 5.99. The molecule has 0 bridgehead atoms. The molecule has 0 saturated carbocycles. The van der Waals surface area contributed by atoms with Crippen LogP contribution in [-0.2, 0) is 25.9 Å². The van der Waals surface area contributed by atoms with Gasteiger partial charge in [0.15, 0.2) is 0 Å². The predicted molar refractivity (Wildman–Crippen MR) is 132 cm³/mol. The van der Waals surface area contributed by atoms with E-state index in [0.717, 1.165) is 10.4 Å². The molecule has 2 aromatic rings. The smallest absolute Gasteiger partial charge is 0.407 e. The van der Waals surface area contributed by atoms with Crippen molar-refractivity contribution in [3.05, 3.63) is 57.6 Å². The summed E-state index contributed by atoms with van der Waals surface area (Å²) in [5.41, 5.74) is 0.999. The van der Waals surface area contributed by atoms with Gasteiger partial charge >= 0.3 is 12.1 Å². The maximum Gasteiger partial charge on any atom is 0.407 e. The van der Waals surface area contributed by atoms with Crippen molar-refractivity contribution in [3.63, 3.8) is 0 Å². The van der Waals surface area contributed by atoms with Crippen molar-refractivity contribution in [2.45, 2.75) is 44.6 Å². The number of carbonyl (C=O) groups excluding carboxylic acids is 2. The second kappa shape index (κ2) is 11.8. The Balaban J connectivity index is 2.04. The summed E-state index contributed by atoms with van der Waals surface area (Å²) >= 11 is 6.21. The highest BCUT2D eigenvalue weighted by molar-refractivity contribution is 7.89. The zero-order valence-corrected chi connectivity index (χ0v) is 22.5. The first-order valence-electron chi connectivity index (χ1n) is 10.8. The van der Waals surface area contributed by atoms with Gasteiger partial charge in [-0.3, -0.25) is 5.10 Å². The summed E-state index contributed by atoms with van der Waals surface area (Å²) in [4.78, 5) is 24.1. The van der Waals surface area contributed by atoms with E-state index in [0.29, 0.717) is 16.8 Å². The minimum Gasteiger partial charge on any atom is -0.454 e. The lowest BCUT2D eigenvalue weighted by Crippen LogP contribution is -2.32. The van der Waals surface area contributed by atoms with Gasteiger partial charge in [-0.2, -0.15) is 5.10 Å². The van der Waals surface area contributed by atoms with Crippen LogP contribution in [0.15, 0.2) is 35.0 Å². The summed E-state index contributed by atoms with van der Waals surface area (Å²) in [6, 6.07) is 4.48. The number of rotatable bonds is 9. The molecule has 1 aromatic carbocycles. The number of esters is 1. The molecule has 1 amide bonds. The molecular weight excluding hydrogens is 515 g/mol. The van der Waals surface area contributed by atoms with E-state index in [1.807, 2.05) is 0 Å². The molecule has 0 radical (unpaired) electrons. The number of amides is 1. The summed E-state index contributed by atoms with van der Waals surface area (Å²) in [5, 5.41) is 9.03. The van der Waals surface area contributed by atoms with Gasteiger partial charge in [0.25, 0.3) is 0 Å². The Morgan fingerprint density at radius 3 is 2.53 bits per heavy atom. The van der Waals surface area contributed by atoms with Crippen LogP contribution in [-0.4, -0.2) is 67.8 Å². The Bertz CT molecular complexity index is 1250. The molecule has 0 aliphatic carbocycles. The number of hydrogen-bond donors (Lipinski definition) is 2. The number of aryl methyl sites for hydroxylation is 1. The number of hydrogen-bond acceptors (Lipinski definition) is 7. The number of benzene rings is 1. The van der Waals surface area contributed by atoms with Crippen LogP contribution in [0.2, 0.25) is 5.02 Å². The minimum atomic E-state index is -3.71. The highest BCUT2D eigenvalue weighted by Crippen LogP contribution is 2.27. The Hall–Kier alpha value is -2.96. The highest BCUT2D eigenvalue weighted by Gasteiger charge is 2.23. The quantitative estimate of drug-likeness (QED) is 0.460. The number of sulfonamides is 1. The van der Waals surface area contributed by atoms with Gasteiger partial charge in [-0.05, 0) is 51.5 Å². The van der Waals surface area contributed by atoms with E-state index < -0.39 is 40.1 Å². The van der Waals surface area contributed by atoms with E-state index in [1.165, 1.54) is 26.2 Å². The number of nitrogens with one attached hydrogen (secondary N) is 2. The second-order valence-electron chi connectivity index (χ2n) is 9.00. The molecule has 0 fully saturated rings. The number of halogens is 2. The van der Waals surface area contributed by atoms with Crippen molar-refractivity contribution < 1.29 is 31.9 Å². The average molecular weight is 545 g/mol. The normalized spacial score (nSPS) is 12.5. The lowest BCUT2D eigenvalue weighted by Gasteiger charge is -2.19. The molecule has 0 saturated heterocycles. The van der Waals surface area contributed by atoms with Crippen molar-refractivity contribution in [3.8, 4) is 0 Å².